The van der Waals surface area contributed by atoms with Crippen molar-refractivity contribution in [2.75, 3.05) is 5.32 Å². The van der Waals surface area contributed by atoms with Crippen molar-refractivity contribution in [1.29, 1.82) is 0 Å². The number of nitrogens with one attached hydrogen (secondary N) is 2. The predicted octanol–water partition coefficient (Wildman–Crippen LogP) is 2.72. The third-order valence-corrected chi connectivity index (χ3v) is 4.01. The van der Waals surface area contributed by atoms with Gasteiger partial charge < -0.3 is 9.73 Å². The second-order valence-corrected chi connectivity index (χ2v) is 5.57. The molecule has 0 radical (unpaired) electrons. The summed E-state index contributed by atoms with van der Waals surface area (Å²) >= 11 is 0. The topological polar surface area (TPSA) is 58.0 Å². The van der Waals surface area contributed by atoms with E-state index in [1.165, 1.54) is 25.7 Å². The molecule has 0 amide bonds. The molecule has 0 spiro atoms. The Morgan fingerprint density at radius 2 is 1.94 bits per heavy atom. The zero-order valence-electron chi connectivity index (χ0n) is 10.1. The van der Waals surface area contributed by atoms with Crippen LogP contribution in [0.5, 0.6) is 0 Å². The number of hydrogen-bond donors (Lipinski definition) is 2. The molecule has 4 nitrogen and oxygen atoms in total. The molecule has 18 heavy (non-hydrogen) atoms. The van der Waals surface area contributed by atoms with Crippen molar-refractivity contribution < 1.29 is 4.42 Å². The van der Waals surface area contributed by atoms with E-state index >= 15 is 0 Å². The van der Waals surface area contributed by atoms with Gasteiger partial charge in [0.25, 0.3) is 0 Å². The van der Waals surface area contributed by atoms with Crippen LogP contribution in [0.1, 0.15) is 25.7 Å². The van der Waals surface area contributed by atoms with Gasteiger partial charge in [-0.05, 0) is 55.7 Å². The van der Waals surface area contributed by atoms with Gasteiger partial charge in [0.1, 0.15) is 0 Å². The van der Waals surface area contributed by atoms with Crippen molar-refractivity contribution >= 4 is 16.8 Å². The Bertz CT molecular complexity index is 623. The number of rotatable bonds is 4. The van der Waals surface area contributed by atoms with Gasteiger partial charge in [-0.3, -0.25) is 4.98 Å². The SMILES string of the molecule is O=c1[nH]c2cc(NC(C3CC3)C3CC3)ccc2o1. The van der Waals surface area contributed by atoms with Crippen LogP contribution in [0.25, 0.3) is 11.1 Å². The molecule has 0 atom stereocenters. The summed E-state index contributed by atoms with van der Waals surface area (Å²) in [6, 6.07) is 6.45. The van der Waals surface area contributed by atoms with Gasteiger partial charge in [0.2, 0.25) is 0 Å². The van der Waals surface area contributed by atoms with E-state index in [4.69, 9.17) is 4.42 Å². The van der Waals surface area contributed by atoms with Gasteiger partial charge in [-0.1, -0.05) is 0 Å². The first kappa shape index (κ1) is 10.2. The van der Waals surface area contributed by atoms with Crippen LogP contribution < -0.4 is 11.1 Å². The predicted molar refractivity (Wildman–Crippen MR) is 69.7 cm³/mol. The van der Waals surface area contributed by atoms with Gasteiger partial charge in [-0.2, -0.15) is 0 Å². The second-order valence-electron chi connectivity index (χ2n) is 5.57. The molecule has 4 rings (SSSR count). The Kier molecular flexibility index (Phi) is 2.07. The number of hydrogen-bond acceptors (Lipinski definition) is 3. The second kappa shape index (κ2) is 3.64. The number of aromatic nitrogens is 1. The van der Waals surface area contributed by atoms with Crippen LogP contribution in [0.2, 0.25) is 0 Å². The molecule has 1 heterocycles. The highest BCUT2D eigenvalue weighted by Crippen LogP contribution is 2.45. The quantitative estimate of drug-likeness (QED) is 0.869. The Morgan fingerprint density at radius 1 is 1.22 bits per heavy atom. The maximum atomic E-state index is 11.1. The van der Waals surface area contributed by atoms with Crippen molar-refractivity contribution in [3.05, 3.63) is 28.7 Å². The highest BCUT2D eigenvalue weighted by Gasteiger charge is 2.41. The molecule has 2 aliphatic carbocycles. The van der Waals surface area contributed by atoms with Crippen LogP contribution in [0.15, 0.2) is 27.4 Å². The molecule has 1 aromatic heterocycles. The van der Waals surface area contributed by atoms with E-state index < -0.39 is 0 Å². The summed E-state index contributed by atoms with van der Waals surface area (Å²) in [4.78, 5) is 13.8. The first-order valence-corrected chi connectivity index (χ1v) is 6.69. The number of fused-ring (bicyclic) bond motifs is 1. The van der Waals surface area contributed by atoms with E-state index in [2.05, 4.69) is 10.3 Å². The Balaban J connectivity index is 1.62. The van der Waals surface area contributed by atoms with Gasteiger partial charge >= 0.3 is 5.76 Å². The molecule has 0 saturated heterocycles. The molecule has 0 unspecified atom stereocenters. The largest absolute Gasteiger partial charge is 0.417 e. The molecule has 0 bridgehead atoms. The number of benzene rings is 1. The van der Waals surface area contributed by atoms with Gasteiger partial charge in [0.05, 0.1) is 5.52 Å². The van der Waals surface area contributed by atoms with E-state index in [1.807, 2.05) is 18.2 Å². The van der Waals surface area contributed by atoms with Gasteiger partial charge in [0.15, 0.2) is 5.58 Å². The number of aromatic amines is 1. The first-order chi connectivity index (χ1) is 8.79. The van der Waals surface area contributed by atoms with Gasteiger partial charge in [-0.15, -0.1) is 0 Å². The van der Waals surface area contributed by atoms with Crippen molar-refractivity contribution in [3.63, 3.8) is 0 Å². The Labute approximate surface area is 104 Å². The standard InChI is InChI=1S/C14H16N2O2/c17-14-16-11-7-10(5-6-12(11)18-14)15-13(8-1-2-8)9-3-4-9/h5-9,13,15H,1-4H2,(H,16,17). The zero-order chi connectivity index (χ0) is 12.1. The molecule has 2 N–H and O–H groups in total. The summed E-state index contributed by atoms with van der Waals surface area (Å²) in [5.41, 5.74) is 2.48. The lowest BCUT2D eigenvalue weighted by Crippen LogP contribution is -2.24. The molecule has 1 aromatic carbocycles. The van der Waals surface area contributed by atoms with Crippen LogP contribution in [-0.2, 0) is 0 Å². The van der Waals surface area contributed by atoms with Crippen LogP contribution in [0.3, 0.4) is 0 Å². The molecule has 2 aromatic rings. The number of oxazole rings is 1. The van der Waals surface area contributed by atoms with Crippen molar-refractivity contribution in [2.45, 2.75) is 31.7 Å². The number of H-pyrrole nitrogens is 1. The maximum absolute atomic E-state index is 11.1. The molecular formula is C14H16N2O2. The molecule has 2 aliphatic rings. The van der Waals surface area contributed by atoms with Gasteiger partial charge in [-0.25, -0.2) is 4.79 Å². The smallest absolute Gasteiger partial charge is 0.408 e. The zero-order valence-corrected chi connectivity index (χ0v) is 10.1. The average molecular weight is 244 g/mol. The number of anilines is 1. The molecule has 2 fully saturated rings. The monoisotopic (exact) mass is 244 g/mol. The minimum Gasteiger partial charge on any atom is -0.408 e. The third-order valence-electron chi connectivity index (χ3n) is 4.01. The van der Waals surface area contributed by atoms with E-state index in [0.29, 0.717) is 11.6 Å². The first-order valence-electron chi connectivity index (χ1n) is 6.69. The summed E-state index contributed by atoms with van der Waals surface area (Å²) in [6.45, 7) is 0. The molecule has 94 valence electrons. The van der Waals surface area contributed by atoms with Crippen LogP contribution in [-0.4, -0.2) is 11.0 Å². The minimum atomic E-state index is -0.386. The molecule has 2 saturated carbocycles. The van der Waals surface area contributed by atoms with Gasteiger partial charge in [0, 0.05) is 11.7 Å². The fourth-order valence-electron chi connectivity index (χ4n) is 2.77. The Morgan fingerprint density at radius 3 is 2.61 bits per heavy atom. The normalized spacial score (nSPS) is 19.6. The van der Waals surface area contributed by atoms with Crippen LogP contribution in [0, 0.1) is 11.8 Å². The van der Waals surface area contributed by atoms with Crippen molar-refractivity contribution in [1.82, 2.24) is 4.98 Å². The van der Waals surface area contributed by atoms with Crippen molar-refractivity contribution in [3.8, 4) is 0 Å². The van der Waals surface area contributed by atoms with Crippen LogP contribution >= 0.6 is 0 Å². The van der Waals surface area contributed by atoms with E-state index in [1.54, 1.807) is 0 Å². The van der Waals surface area contributed by atoms with E-state index in [-0.39, 0.29) is 5.76 Å². The average Bonchev–Trinajstić information content (AvgIpc) is 3.23. The maximum Gasteiger partial charge on any atom is 0.417 e. The van der Waals surface area contributed by atoms with E-state index in [0.717, 1.165) is 23.0 Å². The summed E-state index contributed by atoms with van der Waals surface area (Å²) < 4.78 is 5.01. The fourth-order valence-corrected chi connectivity index (χ4v) is 2.77. The lowest BCUT2D eigenvalue weighted by atomic mass is 10.1. The summed E-state index contributed by atoms with van der Waals surface area (Å²) in [5.74, 6) is 1.33. The lowest BCUT2D eigenvalue weighted by Gasteiger charge is -2.18. The summed E-state index contributed by atoms with van der Waals surface area (Å²) in [7, 11) is 0. The molecule has 0 aliphatic heterocycles. The fraction of sp³-hybridized carbons (Fsp3) is 0.500. The van der Waals surface area contributed by atoms with Crippen molar-refractivity contribution in [2.24, 2.45) is 11.8 Å². The Hall–Kier alpha value is -1.71. The lowest BCUT2D eigenvalue weighted by molar-refractivity contribution is 0.555. The summed E-state index contributed by atoms with van der Waals surface area (Å²) in [6.07, 6.45) is 5.44. The molecular weight excluding hydrogens is 228 g/mol. The minimum absolute atomic E-state index is 0.386. The highest BCUT2D eigenvalue weighted by atomic mass is 16.4. The van der Waals surface area contributed by atoms with E-state index in [9.17, 15) is 4.79 Å². The van der Waals surface area contributed by atoms with Crippen LogP contribution in [0.4, 0.5) is 5.69 Å². The third kappa shape index (κ3) is 1.82. The molecule has 4 heteroatoms. The summed E-state index contributed by atoms with van der Waals surface area (Å²) in [5, 5.41) is 3.64. The highest BCUT2D eigenvalue weighted by molar-refractivity contribution is 5.76.